The summed E-state index contributed by atoms with van der Waals surface area (Å²) in [7, 11) is 0. The number of benzene rings is 1. The van der Waals surface area contributed by atoms with Gasteiger partial charge in [0.1, 0.15) is 17.8 Å². The topological polar surface area (TPSA) is 53.6 Å². The normalized spacial score (nSPS) is 11.8. The van der Waals surface area contributed by atoms with Crippen molar-refractivity contribution in [2.24, 2.45) is 0 Å². The van der Waals surface area contributed by atoms with Crippen LogP contribution in [0.5, 0.6) is 0 Å². The van der Waals surface area contributed by atoms with Crippen LogP contribution in [0.4, 0.5) is 19.0 Å². The van der Waals surface area contributed by atoms with Gasteiger partial charge in [-0.3, -0.25) is 0 Å². The molecule has 0 saturated carbocycles. The Morgan fingerprint density at radius 1 is 1.10 bits per heavy atom. The van der Waals surface area contributed by atoms with Gasteiger partial charge in [0.2, 0.25) is 0 Å². The van der Waals surface area contributed by atoms with E-state index in [1.807, 2.05) is 30.3 Å². The molecule has 0 radical (unpaired) electrons. The fourth-order valence-corrected chi connectivity index (χ4v) is 2.10. The Morgan fingerprint density at radius 2 is 1.86 bits per heavy atom. The van der Waals surface area contributed by atoms with Crippen molar-refractivity contribution in [2.45, 2.75) is 12.7 Å². The second-order valence-electron chi connectivity index (χ2n) is 4.49. The van der Waals surface area contributed by atoms with Crippen molar-refractivity contribution in [3.63, 3.8) is 0 Å². The highest BCUT2D eigenvalue weighted by atomic mass is 19.4. The molecule has 0 fully saturated rings. The molecule has 0 aliphatic heterocycles. The van der Waals surface area contributed by atoms with Gasteiger partial charge in [-0.05, 0) is 5.56 Å². The van der Waals surface area contributed by atoms with Crippen LogP contribution in [0.25, 0.3) is 11.0 Å². The maximum absolute atomic E-state index is 13.0. The van der Waals surface area contributed by atoms with Crippen molar-refractivity contribution in [1.29, 1.82) is 0 Å². The van der Waals surface area contributed by atoms with E-state index in [1.54, 1.807) is 0 Å². The second-order valence-corrected chi connectivity index (χ2v) is 4.49. The lowest BCUT2D eigenvalue weighted by Gasteiger charge is -2.09. The molecule has 0 amide bonds. The zero-order valence-electron chi connectivity index (χ0n) is 10.8. The summed E-state index contributed by atoms with van der Waals surface area (Å²) in [5, 5.41) is 2.89. The SMILES string of the molecule is FC(F)(F)c1c[nH]c2ncnc(NCc3ccccc3)c12. The van der Waals surface area contributed by atoms with E-state index in [-0.39, 0.29) is 16.9 Å². The summed E-state index contributed by atoms with van der Waals surface area (Å²) in [6, 6.07) is 9.37. The molecule has 0 spiro atoms. The Hall–Kier alpha value is -2.57. The summed E-state index contributed by atoms with van der Waals surface area (Å²) in [6.45, 7) is 0.384. The molecule has 0 saturated heterocycles. The highest BCUT2D eigenvalue weighted by molar-refractivity contribution is 5.90. The van der Waals surface area contributed by atoms with Gasteiger partial charge in [-0.25, -0.2) is 9.97 Å². The smallest absolute Gasteiger partial charge is 0.365 e. The number of hydrogen-bond acceptors (Lipinski definition) is 3. The molecule has 1 aromatic carbocycles. The van der Waals surface area contributed by atoms with E-state index in [9.17, 15) is 13.2 Å². The molecular formula is C14H11F3N4. The number of aromatic amines is 1. The quantitative estimate of drug-likeness (QED) is 0.775. The van der Waals surface area contributed by atoms with Crippen LogP contribution in [0.2, 0.25) is 0 Å². The summed E-state index contributed by atoms with van der Waals surface area (Å²) < 4.78 is 39.0. The monoisotopic (exact) mass is 292 g/mol. The van der Waals surface area contributed by atoms with Gasteiger partial charge in [-0.2, -0.15) is 13.2 Å². The van der Waals surface area contributed by atoms with Gasteiger partial charge < -0.3 is 10.3 Å². The van der Waals surface area contributed by atoms with Gasteiger partial charge in [0.05, 0.1) is 10.9 Å². The number of rotatable bonds is 3. The van der Waals surface area contributed by atoms with E-state index < -0.39 is 11.7 Å². The average Bonchev–Trinajstić information content (AvgIpc) is 2.91. The maximum Gasteiger partial charge on any atom is 0.418 e. The third-order valence-electron chi connectivity index (χ3n) is 3.08. The molecule has 2 heterocycles. The van der Waals surface area contributed by atoms with E-state index in [2.05, 4.69) is 20.3 Å². The Balaban J connectivity index is 1.97. The predicted molar refractivity (Wildman–Crippen MR) is 72.7 cm³/mol. The third kappa shape index (κ3) is 2.67. The minimum atomic E-state index is -4.45. The Bertz CT molecular complexity index is 750. The zero-order valence-corrected chi connectivity index (χ0v) is 10.8. The first kappa shape index (κ1) is 13.4. The van der Waals surface area contributed by atoms with Crippen LogP contribution in [-0.2, 0) is 12.7 Å². The first-order valence-electron chi connectivity index (χ1n) is 6.23. The van der Waals surface area contributed by atoms with Crippen molar-refractivity contribution >= 4 is 16.9 Å². The first-order valence-corrected chi connectivity index (χ1v) is 6.23. The van der Waals surface area contributed by atoms with Crippen molar-refractivity contribution < 1.29 is 13.2 Å². The van der Waals surface area contributed by atoms with E-state index in [4.69, 9.17) is 0 Å². The van der Waals surface area contributed by atoms with Gasteiger partial charge in [0.25, 0.3) is 0 Å². The summed E-state index contributed by atoms with van der Waals surface area (Å²) in [5.41, 5.74) is 0.343. The van der Waals surface area contributed by atoms with Crippen molar-refractivity contribution in [1.82, 2.24) is 15.0 Å². The molecule has 3 aromatic rings. The molecule has 3 rings (SSSR count). The summed E-state index contributed by atoms with van der Waals surface area (Å²) >= 11 is 0. The van der Waals surface area contributed by atoms with Crippen LogP contribution in [0, 0.1) is 0 Å². The lowest BCUT2D eigenvalue weighted by molar-refractivity contribution is -0.136. The summed E-state index contributed by atoms with van der Waals surface area (Å²) in [4.78, 5) is 10.3. The number of hydrogen-bond donors (Lipinski definition) is 2. The summed E-state index contributed by atoms with van der Waals surface area (Å²) in [5.74, 6) is 0.164. The lowest BCUT2D eigenvalue weighted by atomic mass is 10.2. The molecule has 2 N–H and O–H groups in total. The maximum atomic E-state index is 13.0. The van der Waals surface area contributed by atoms with Crippen molar-refractivity contribution in [3.05, 3.63) is 54.0 Å². The van der Waals surface area contributed by atoms with Gasteiger partial charge in [0.15, 0.2) is 0 Å². The molecule has 2 aromatic heterocycles. The Kier molecular flexibility index (Phi) is 3.25. The number of nitrogens with zero attached hydrogens (tertiary/aromatic N) is 2. The lowest BCUT2D eigenvalue weighted by Crippen LogP contribution is -2.07. The molecule has 21 heavy (non-hydrogen) atoms. The van der Waals surface area contributed by atoms with Gasteiger partial charge >= 0.3 is 6.18 Å². The van der Waals surface area contributed by atoms with Crippen LogP contribution in [-0.4, -0.2) is 15.0 Å². The summed E-state index contributed by atoms with van der Waals surface area (Å²) in [6.07, 6.45) is -2.31. The molecule has 0 atom stereocenters. The average molecular weight is 292 g/mol. The third-order valence-corrected chi connectivity index (χ3v) is 3.08. The Morgan fingerprint density at radius 3 is 2.57 bits per heavy atom. The van der Waals surface area contributed by atoms with E-state index in [1.165, 1.54) is 6.33 Å². The molecule has 108 valence electrons. The molecule has 0 aliphatic rings. The van der Waals surface area contributed by atoms with Gasteiger partial charge in [-0.1, -0.05) is 30.3 Å². The van der Waals surface area contributed by atoms with Crippen molar-refractivity contribution in [2.75, 3.05) is 5.32 Å². The number of nitrogens with one attached hydrogen (secondary N) is 2. The number of halogens is 3. The minimum absolute atomic E-state index is 0.0408. The number of alkyl halides is 3. The van der Waals surface area contributed by atoms with Crippen LogP contribution in [0.1, 0.15) is 11.1 Å². The van der Waals surface area contributed by atoms with Crippen LogP contribution < -0.4 is 5.32 Å². The van der Waals surface area contributed by atoms with Crippen LogP contribution >= 0.6 is 0 Å². The molecular weight excluding hydrogens is 281 g/mol. The molecule has 0 unspecified atom stereocenters. The fourth-order valence-electron chi connectivity index (χ4n) is 2.10. The number of H-pyrrole nitrogens is 1. The Labute approximate surface area is 118 Å². The first-order chi connectivity index (χ1) is 10.1. The van der Waals surface area contributed by atoms with Gasteiger partial charge in [-0.15, -0.1) is 0 Å². The predicted octanol–water partition coefficient (Wildman–Crippen LogP) is 3.59. The van der Waals surface area contributed by atoms with Crippen LogP contribution in [0.3, 0.4) is 0 Å². The minimum Gasteiger partial charge on any atom is -0.365 e. The van der Waals surface area contributed by atoms with E-state index >= 15 is 0 Å². The second kappa shape index (κ2) is 5.08. The number of aromatic nitrogens is 3. The molecule has 0 aliphatic carbocycles. The highest BCUT2D eigenvalue weighted by Gasteiger charge is 2.35. The van der Waals surface area contributed by atoms with E-state index in [0.717, 1.165) is 11.8 Å². The largest absolute Gasteiger partial charge is 0.418 e. The number of anilines is 1. The standard InChI is InChI=1S/C14H11F3N4/c15-14(16,17)10-7-19-13-11(10)12(20-8-21-13)18-6-9-4-2-1-3-5-9/h1-5,7-8H,6H2,(H2,18,19,20,21). The number of fused-ring (bicyclic) bond motifs is 1. The molecule has 7 heteroatoms. The zero-order chi connectivity index (χ0) is 14.9. The molecule has 4 nitrogen and oxygen atoms in total. The fraction of sp³-hybridized carbons (Fsp3) is 0.143. The van der Waals surface area contributed by atoms with Crippen molar-refractivity contribution in [3.8, 4) is 0 Å². The molecule has 0 bridgehead atoms. The highest BCUT2D eigenvalue weighted by Crippen LogP contribution is 2.36. The van der Waals surface area contributed by atoms with E-state index in [0.29, 0.717) is 6.54 Å². The van der Waals surface area contributed by atoms with Gasteiger partial charge in [0, 0.05) is 12.7 Å². The van der Waals surface area contributed by atoms with Crippen LogP contribution in [0.15, 0.2) is 42.9 Å².